The summed E-state index contributed by atoms with van der Waals surface area (Å²) in [6.45, 7) is 7.96. The average Bonchev–Trinajstić information content (AvgIpc) is 2.67. The average molecular weight is 360 g/mol. The topological polar surface area (TPSA) is 50.8 Å². The van der Waals surface area contributed by atoms with Crippen molar-refractivity contribution >= 4 is 12.0 Å². The van der Waals surface area contributed by atoms with Gasteiger partial charge in [-0.3, -0.25) is 9.69 Å². The van der Waals surface area contributed by atoms with Crippen molar-refractivity contribution < 1.29 is 14.3 Å². The number of amides is 1. The van der Waals surface area contributed by atoms with Crippen LogP contribution >= 0.6 is 0 Å². The first-order valence-electron chi connectivity index (χ1n) is 9.74. The van der Waals surface area contributed by atoms with E-state index in [0.717, 1.165) is 63.4 Å². The zero-order chi connectivity index (χ0) is 18.5. The van der Waals surface area contributed by atoms with Gasteiger partial charge in [-0.25, -0.2) is 0 Å². The number of nitrogens with zero attached hydrogens (tertiary/aromatic N) is 1. The highest BCUT2D eigenvalue weighted by Gasteiger charge is 2.09. The molecule has 1 aliphatic rings. The summed E-state index contributed by atoms with van der Waals surface area (Å²) >= 11 is 0. The lowest BCUT2D eigenvalue weighted by Crippen LogP contribution is -2.38. The maximum absolute atomic E-state index is 11.6. The molecule has 144 valence electrons. The van der Waals surface area contributed by atoms with Crippen molar-refractivity contribution in [2.45, 2.75) is 32.6 Å². The molecule has 0 unspecified atom stereocenters. The number of rotatable bonds is 11. The summed E-state index contributed by atoms with van der Waals surface area (Å²) in [7, 11) is 0. The highest BCUT2D eigenvalue weighted by atomic mass is 16.5. The summed E-state index contributed by atoms with van der Waals surface area (Å²) in [5.41, 5.74) is 1.10. The molecule has 1 aromatic carbocycles. The molecule has 1 aliphatic heterocycles. The first-order chi connectivity index (χ1) is 12.8. The largest absolute Gasteiger partial charge is 0.492 e. The third-order valence-corrected chi connectivity index (χ3v) is 4.39. The number of hydrogen-bond acceptors (Lipinski definition) is 4. The highest BCUT2D eigenvalue weighted by Crippen LogP contribution is 2.13. The fraction of sp³-hybridized carbons (Fsp3) is 0.571. The lowest BCUT2D eigenvalue weighted by atomic mass is 10.2. The van der Waals surface area contributed by atoms with E-state index >= 15 is 0 Å². The summed E-state index contributed by atoms with van der Waals surface area (Å²) in [4.78, 5) is 14.0. The molecule has 0 aliphatic carbocycles. The Morgan fingerprint density at radius 1 is 1.23 bits per heavy atom. The van der Waals surface area contributed by atoms with Crippen LogP contribution in [0, 0.1) is 0 Å². The second-order valence-corrected chi connectivity index (χ2v) is 6.54. The van der Waals surface area contributed by atoms with E-state index in [1.165, 1.54) is 0 Å². The minimum Gasteiger partial charge on any atom is -0.492 e. The SMILES string of the molecule is CCCCCC(=O)NCC=Cc1ccc(OCCN2CCOCC2)cc1. The van der Waals surface area contributed by atoms with Gasteiger partial charge in [-0.2, -0.15) is 0 Å². The summed E-state index contributed by atoms with van der Waals surface area (Å²) in [5, 5.41) is 2.92. The molecule has 26 heavy (non-hydrogen) atoms. The summed E-state index contributed by atoms with van der Waals surface area (Å²) in [6.07, 6.45) is 7.84. The van der Waals surface area contributed by atoms with Crippen LogP contribution in [0.15, 0.2) is 30.3 Å². The number of benzene rings is 1. The predicted octanol–water partition coefficient (Wildman–Crippen LogP) is 3.11. The Hall–Kier alpha value is -1.85. The quantitative estimate of drug-likeness (QED) is 0.616. The Bertz CT molecular complexity index is 537. The molecule has 0 bridgehead atoms. The van der Waals surface area contributed by atoms with E-state index in [1.807, 2.05) is 36.4 Å². The Morgan fingerprint density at radius 2 is 2.00 bits per heavy atom. The van der Waals surface area contributed by atoms with Gasteiger partial charge in [0.25, 0.3) is 0 Å². The van der Waals surface area contributed by atoms with Gasteiger partial charge in [-0.05, 0) is 24.1 Å². The first kappa shape index (κ1) is 20.5. The maximum atomic E-state index is 11.6. The third-order valence-electron chi connectivity index (χ3n) is 4.39. The van der Waals surface area contributed by atoms with E-state index in [-0.39, 0.29) is 5.91 Å². The molecule has 1 amide bonds. The van der Waals surface area contributed by atoms with Crippen LogP contribution in [-0.4, -0.2) is 56.8 Å². The smallest absolute Gasteiger partial charge is 0.220 e. The van der Waals surface area contributed by atoms with Crippen LogP contribution in [-0.2, 0) is 9.53 Å². The highest BCUT2D eigenvalue weighted by molar-refractivity contribution is 5.76. The van der Waals surface area contributed by atoms with Crippen LogP contribution < -0.4 is 10.1 Å². The monoisotopic (exact) mass is 360 g/mol. The summed E-state index contributed by atoms with van der Waals surface area (Å²) in [6, 6.07) is 8.04. The number of unbranched alkanes of at least 4 members (excludes halogenated alkanes) is 2. The molecular formula is C21H32N2O3. The second kappa shape index (κ2) is 12.5. The first-order valence-corrected chi connectivity index (χ1v) is 9.74. The van der Waals surface area contributed by atoms with Gasteiger partial charge >= 0.3 is 0 Å². The number of morpholine rings is 1. The second-order valence-electron chi connectivity index (χ2n) is 6.54. The molecular weight excluding hydrogens is 328 g/mol. The van der Waals surface area contributed by atoms with E-state index in [9.17, 15) is 4.79 Å². The van der Waals surface area contributed by atoms with E-state index in [1.54, 1.807) is 0 Å². The van der Waals surface area contributed by atoms with Crippen LogP contribution in [0.3, 0.4) is 0 Å². The number of ether oxygens (including phenoxy) is 2. The molecule has 0 atom stereocenters. The van der Waals surface area contributed by atoms with Crippen molar-refractivity contribution in [2.24, 2.45) is 0 Å². The van der Waals surface area contributed by atoms with E-state index < -0.39 is 0 Å². The lowest BCUT2D eigenvalue weighted by Gasteiger charge is -2.26. The van der Waals surface area contributed by atoms with Crippen LogP contribution in [0.25, 0.3) is 6.08 Å². The van der Waals surface area contributed by atoms with Gasteiger partial charge in [-0.15, -0.1) is 0 Å². The van der Waals surface area contributed by atoms with Crippen LogP contribution in [0.5, 0.6) is 5.75 Å². The minimum atomic E-state index is 0.132. The fourth-order valence-corrected chi connectivity index (χ4v) is 2.78. The molecule has 0 saturated carbocycles. The predicted molar refractivity (Wildman–Crippen MR) is 105 cm³/mol. The van der Waals surface area contributed by atoms with Gasteiger partial charge in [0.1, 0.15) is 12.4 Å². The Kier molecular flexibility index (Phi) is 9.83. The van der Waals surface area contributed by atoms with Crippen molar-refractivity contribution in [1.29, 1.82) is 0 Å². The van der Waals surface area contributed by atoms with Crippen LogP contribution in [0.2, 0.25) is 0 Å². The Morgan fingerprint density at radius 3 is 2.73 bits per heavy atom. The van der Waals surface area contributed by atoms with Gasteiger partial charge in [0.05, 0.1) is 13.2 Å². The van der Waals surface area contributed by atoms with Crippen molar-refractivity contribution in [2.75, 3.05) is 46.0 Å². The Balaban J connectivity index is 1.61. The molecule has 0 aromatic heterocycles. The van der Waals surface area contributed by atoms with Crippen LogP contribution in [0.1, 0.15) is 38.2 Å². The zero-order valence-corrected chi connectivity index (χ0v) is 15.9. The van der Waals surface area contributed by atoms with Crippen molar-refractivity contribution in [1.82, 2.24) is 10.2 Å². The molecule has 1 saturated heterocycles. The molecule has 1 N–H and O–H groups in total. The zero-order valence-electron chi connectivity index (χ0n) is 15.9. The molecule has 1 fully saturated rings. The molecule has 1 heterocycles. The Labute approximate surface area is 157 Å². The number of hydrogen-bond donors (Lipinski definition) is 1. The van der Waals surface area contributed by atoms with Crippen molar-refractivity contribution in [3.8, 4) is 5.75 Å². The van der Waals surface area contributed by atoms with Gasteiger partial charge in [-0.1, -0.05) is 44.1 Å². The number of carbonyl (C=O) groups is 1. The normalized spacial score (nSPS) is 15.3. The molecule has 5 nitrogen and oxygen atoms in total. The number of nitrogens with one attached hydrogen (secondary N) is 1. The van der Waals surface area contributed by atoms with Gasteiger partial charge in [0.15, 0.2) is 0 Å². The van der Waals surface area contributed by atoms with E-state index in [2.05, 4.69) is 17.1 Å². The number of carbonyl (C=O) groups excluding carboxylic acids is 1. The van der Waals surface area contributed by atoms with Gasteiger partial charge in [0, 0.05) is 32.6 Å². The van der Waals surface area contributed by atoms with E-state index in [4.69, 9.17) is 9.47 Å². The van der Waals surface area contributed by atoms with Gasteiger partial charge < -0.3 is 14.8 Å². The van der Waals surface area contributed by atoms with Crippen molar-refractivity contribution in [3.63, 3.8) is 0 Å². The third kappa shape index (κ3) is 8.50. The van der Waals surface area contributed by atoms with Crippen LogP contribution in [0.4, 0.5) is 0 Å². The fourth-order valence-electron chi connectivity index (χ4n) is 2.78. The van der Waals surface area contributed by atoms with Gasteiger partial charge in [0.2, 0.25) is 5.91 Å². The summed E-state index contributed by atoms with van der Waals surface area (Å²) < 4.78 is 11.1. The molecule has 2 rings (SSSR count). The maximum Gasteiger partial charge on any atom is 0.220 e. The molecule has 0 radical (unpaired) electrons. The molecule has 1 aromatic rings. The lowest BCUT2D eigenvalue weighted by molar-refractivity contribution is -0.120. The molecule has 5 heteroatoms. The van der Waals surface area contributed by atoms with E-state index in [0.29, 0.717) is 19.6 Å². The molecule has 0 spiro atoms. The minimum absolute atomic E-state index is 0.132. The standard InChI is InChI=1S/C21H32N2O3/c1-2-3-4-7-21(24)22-12-5-6-19-8-10-20(11-9-19)26-18-15-23-13-16-25-17-14-23/h5-6,8-11H,2-4,7,12-18H2,1H3,(H,22,24). The summed E-state index contributed by atoms with van der Waals surface area (Å²) in [5.74, 6) is 1.02. The van der Waals surface area contributed by atoms with Crippen molar-refractivity contribution in [3.05, 3.63) is 35.9 Å².